The highest BCUT2D eigenvalue weighted by Crippen LogP contribution is 2.56. The Morgan fingerprint density at radius 1 is 0.446 bits per heavy atom. The van der Waals surface area contributed by atoms with E-state index in [0.29, 0.717) is 5.89 Å². The minimum atomic E-state index is -0.126. The first-order chi connectivity index (χ1) is 27.3. The van der Waals surface area contributed by atoms with Gasteiger partial charge in [0.15, 0.2) is 5.76 Å². The average Bonchev–Trinajstić information content (AvgIpc) is 3.92. The van der Waals surface area contributed by atoms with E-state index in [1.165, 1.54) is 60.7 Å². The van der Waals surface area contributed by atoms with E-state index >= 15 is 0 Å². The van der Waals surface area contributed by atoms with Gasteiger partial charge >= 0.3 is 0 Å². The van der Waals surface area contributed by atoms with Crippen molar-refractivity contribution in [2.24, 2.45) is 0 Å². The molecule has 56 heavy (non-hydrogen) atoms. The fraction of sp³-hybridized carbons (Fsp3) is 0.113. The third kappa shape index (κ3) is 4.10. The summed E-state index contributed by atoms with van der Waals surface area (Å²) >= 11 is 0. The molecule has 8 aromatic carbocycles. The molecule has 0 amide bonds. The minimum Gasteiger partial charge on any atom is -0.435 e. The second kappa shape index (κ2) is 11.0. The van der Waals surface area contributed by atoms with Crippen LogP contribution in [-0.4, -0.2) is 4.98 Å². The quantitative estimate of drug-likeness (QED) is 0.181. The largest absolute Gasteiger partial charge is 0.435 e. The minimum absolute atomic E-state index is 0.126. The van der Waals surface area contributed by atoms with Gasteiger partial charge in [-0.1, -0.05) is 143 Å². The van der Waals surface area contributed by atoms with Crippen LogP contribution in [-0.2, 0) is 10.8 Å². The van der Waals surface area contributed by atoms with Crippen molar-refractivity contribution >= 4 is 38.6 Å². The highest BCUT2D eigenvalue weighted by atomic mass is 16.4. The summed E-state index contributed by atoms with van der Waals surface area (Å²) in [6.45, 7) is 9.44. The summed E-state index contributed by atoms with van der Waals surface area (Å²) in [6.07, 6.45) is 0. The molecule has 1 heterocycles. The van der Waals surface area contributed by atoms with Crippen molar-refractivity contribution in [1.82, 2.24) is 4.98 Å². The summed E-state index contributed by atoms with van der Waals surface area (Å²) in [5, 5.41) is 4.67. The first kappa shape index (κ1) is 31.6. The number of hydrogen-bond donors (Lipinski definition) is 0. The summed E-state index contributed by atoms with van der Waals surface area (Å²) in [5.41, 5.74) is 18.0. The van der Waals surface area contributed by atoms with Crippen LogP contribution < -0.4 is 4.90 Å². The average molecular weight is 719 g/mol. The molecule has 0 saturated heterocycles. The molecule has 3 nitrogen and oxygen atoms in total. The third-order valence-electron chi connectivity index (χ3n) is 13.1. The number of rotatable bonds is 4. The number of benzene rings is 8. The zero-order chi connectivity index (χ0) is 37.5. The molecular weight excluding hydrogens is 681 g/mol. The molecule has 0 fully saturated rings. The lowest BCUT2D eigenvalue weighted by molar-refractivity contribution is 0.591. The van der Waals surface area contributed by atoms with Crippen molar-refractivity contribution in [1.29, 1.82) is 0 Å². The Morgan fingerprint density at radius 3 is 1.66 bits per heavy atom. The molecule has 0 bridgehead atoms. The first-order valence-electron chi connectivity index (χ1n) is 19.6. The molecule has 12 rings (SSSR count). The van der Waals surface area contributed by atoms with Crippen LogP contribution in [0.3, 0.4) is 0 Å². The monoisotopic (exact) mass is 718 g/mol. The number of anilines is 3. The van der Waals surface area contributed by atoms with Crippen LogP contribution in [0, 0.1) is 0 Å². The van der Waals surface area contributed by atoms with Crippen LogP contribution in [0.4, 0.5) is 17.1 Å². The molecule has 0 aliphatic heterocycles. The maximum absolute atomic E-state index is 6.75. The normalized spacial score (nSPS) is 14.7. The van der Waals surface area contributed by atoms with Crippen molar-refractivity contribution < 1.29 is 4.42 Å². The van der Waals surface area contributed by atoms with E-state index in [0.717, 1.165) is 50.6 Å². The maximum Gasteiger partial charge on any atom is 0.227 e. The van der Waals surface area contributed by atoms with E-state index in [9.17, 15) is 0 Å². The zero-order valence-corrected chi connectivity index (χ0v) is 31.8. The van der Waals surface area contributed by atoms with Gasteiger partial charge in [0.25, 0.3) is 0 Å². The SMILES string of the molecule is CC1(C)c2ccccc2-c2ccc(N(c3ccc4c(c3)C(C)(C)c3ccccc3-4)c3ccc4c5c(cccc35)-c3oc(-c5cccc6ccccc56)nc3-4)cc21. The molecule has 3 heteroatoms. The zero-order valence-electron chi connectivity index (χ0n) is 31.8. The Labute approximate surface area is 326 Å². The maximum atomic E-state index is 6.75. The molecule has 0 spiro atoms. The van der Waals surface area contributed by atoms with E-state index in [4.69, 9.17) is 9.40 Å². The van der Waals surface area contributed by atoms with Gasteiger partial charge in [-0.25, -0.2) is 4.98 Å². The Balaban J connectivity index is 1.06. The van der Waals surface area contributed by atoms with Gasteiger partial charge in [0.05, 0.1) is 5.69 Å². The number of oxazole rings is 1. The van der Waals surface area contributed by atoms with Gasteiger partial charge in [-0.3, -0.25) is 0 Å². The predicted molar refractivity (Wildman–Crippen MR) is 231 cm³/mol. The fourth-order valence-corrected chi connectivity index (χ4v) is 10.3. The van der Waals surface area contributed by atoms with E-state index in [-0.39, 0.29) is 10.8 Å². The first-order valence-corrected chi connectivity index (χ1v) is 19.6. The summed E-state index contributed by atoms with van der Waals surface area (Å²) < 4.78 is 6.75. The summed E-state index contributed by atoms with van der Waals surface area (Å²) in [7, 11) is 0. The van der Waals surface area contributed by atoms with Crippen molar-refractivity contribution in [2.75, 3.05) is 4.90 Å². The van der Waals surface area contributed by atoms with Crippen LogP contribution in [0.25, 0.3) is 77.8 Å². The Morgan fingerprint density at radius 2 is 0.964 bits per heavy atom. The van der Waals surface area contributed by atoms with E-state index in [2.05, 4.69) is 190 Å². The van der Waals surface area contributed by atoms with E-state index in [1.54, 1.807) is 0 Å². The molecule has 0 saturated carbocycles. The van der Waals surface area contributed by atoms with Crippen molar-refractivity contribution in [3.05, 3.63) is 180 Å². The highest BCUT2D eigenvalue weighted by Gasteiger charge is 2.38. The molecule has 0 atom stereocenters. The van der Waals surface area contributed by atoms with Crippen LogP contribution >= 0.6 is 0 Å². The molecule has 0 radical (unpaired) electrons. The molecular formula is C53H38N2O. The Kier molecular flexibility index (Phi) is 6.19. The van der Waals surface area contributed by atoms with E-state index in [1.807, 2.05) is 0 Å². The van der Waals surface area contributed by atoms with Crippen LogP contribution in [0.15, 0.2) is 162 Å². The van der Waals surface area contributed by atoms with Gasteiger partial charge in [0.1, 0.15) is 5.69 Å². The summed E-state index contributed by atoms with van der Waals surface area (Å²) in [4.78, 5) is 7.69. The van der Waals surface area contributed by atoms with Crippen LogP contribution in [0.5, 0.6) is 0 Å². The van der Waals surface area contributed by atoms with Crippen LogP contribution in [0.2, 0.25) is 0 Å². The molecule has 9 aromatic rings. The van der Waals surface area contributed by atoms with Crippen molar-refractivity contribution in [3.63, 3.8) is 0 Å². The van der Waals surface area contributed by atoms with Gasteiger partial charge in [-0.05, 0) is 97.7 Å². The lowest BCUT2D eigenvalue weighted by Gasteiger charge is -2.30. The molecule has 0 N–H and O–H groups in total. The molecule has 1 aromatic heterocycles. The Bertz CT molecular complexity index is 3020. The second-order valence-corrected chi connectivity index (χ2v) is 16.7. The fourth-order valence-electron chi connectivity index (χ4n) is 10.3. The van der Waals surface area contributed by atoms with Gasteiger partial charge in [-0.15, -0.1) is 0 Å². The molecule has 0 unspecified atom stereocenters. The smallest absolute Gasteiger partial charge is 0.227 e. The number of aromatic nitrogens is 1. The molecule has 3 aliphatic rings. The number of hydrogen-bond acceptors (Lipinski definition) is 3. The Hall–Kier alpha value is -6.71. The lowest BCUT2D eigenvalue weighted by atomic mass is 9.82. The van der Waals surface area contributed by atoms with Gasteiger partial charge in [0.2, 0.25) is 5.89 Å². The predicted octanol–water partition coefficient (Wildman–Crippen LogP) is 14.4. The van der Waals surface area contributed by atoms with Crippen molar-refractivity contribution in [3.8, 4) is 56.3 Å². The molecule has 266 valence electrons. The summed E-state index contributed by atoms with van der Waals surface area (Å²) in [6, 6.07) is 57.9. The van der Waals surface area contributed by atoms with Crippen LogP contribution in [0.1, 0.15) is 49.9 Å². The topological polar surface area (TPSA) is 29.3 Å². The second-order valence-electron chi connectivity index (χ2n) is 16.7. The summed E-state index contributed by atoms with van der Waals surface area (Å²) in [5.74, 6) is 1.50. The van der Waals surface area contributed by atoms with Gasteiger partial charge in [0, 0.05) is 49.7 Å². The van der Waals surface area contributed by atoms with Gasteiger partial charge in [-0.2, -0.15) is 0 Å². The molecule has 3 aliphatic carbocycles. The third-order valence-corrected chi connectivity index (χ3v) is 13.1. The standard InChI is InChI=1S/C53H38N2O/c1-52(2)43-21-9-7-16-35(43)37-25-23-32(29-45(37)52)55(33-24-26-38-36-17-8-10-22-44(36)53(3,4)46(38)30-33)47-28-27-41-48-40(47)19-12-20-42(48)50-49(41)54-51(56-50)39-18-11-14-31-13-5-6-15-34(31)39/h5-30H,1-4H3. The van der Waals surface area contributed by atoms with Gasteiger partial charge < -0.3 is 9.32 Å². The van der Waals surface area contributed by atoms with Crippen molar-refractivity contribution in [2.45, 2.75) is 38.5 Å². The number of nitrogens with zero attached hydrogens (tertiary/aromatic N) is 2. The lowest BCUT2D eigenvalue weighted by Crippen LogP contribution is -2.18. The van der Waals surface area contributed by atoms with E-state index < -0.39 is 0 Å². The number of fused-ring (bicyclic) bond motifs is 10. The highest BCUT2D eigenvalue weighted by molar-refractivity contribution is 6.18.